The van der Waals surface area contributed by atoms with Crippen LogP contribution in [0, 0.1) is 5.82 Å². The summed E-state index contributed by atoms with van der Waals surface area (Å²) in [5.41, 5.74) is 1.99. The first kappa shape index (κ1) is 24.3. The maximum absolute atomic E-state index is 13.8. The highest BCUT2D eigenvalue weighted by Gasteiger charge is 2.47. The predicted octanol–water partition coefficient (Wildman–Crippen LogP) is 3.83. The van der Waals surface area contributed by atoms with E-state index in [1.54, 1.807) is 29.9 Å². The van der Waals surface area contributed by atoms with Gasteiger partial charge in [0, 0.05) is 17.5 Å². The summed E-state index contributed by atoms with van der Waals surface area (Å²) in [7, 11) is 0. The zero-order valence-electron chi connectivity index (χ0n) is 20.3. The van der Waals surface area contributed by atoms with E-state index in [1.807, 2.05) is 30.3 Å². The number of hydrogen-bond donors (Lipinski definition) is 0. The molecule has 0 N–H and O–H groups in total. The fourth-order valence-corrected chi connectivity index (χ4v) is 4.68. The Kier molecular flexibility index (Phi) is 6.66. The van der Waals surface area contributed by atoms with Crippen LogP contribution in [0.25, 0.3) is 11.3 Å². The van der Waals surface area contributed by atoms with E-state index in [0.29, 0.717) is 17.7 Å². The Balaban J connectivity index is 1.31. The summed E-state index contributed by atoms with van der Waals surface area (Å²) in [6, 6.07) is 15.4. The van der Waals surface area contributed by atoms with Gasteiger partial charge in [-0.1, -0.05) is 47.7 Å². The van der Waals surface area contributed by atoms with Gasteiger partial charge in [0.1, 0.15) is 29.8 Å². The van der Waals surface area contributed by atoms with Crippen molar-refractivity contribution < 1.29 is 32.5 Å². The van der Waals surface area contributed by atoms with E-state index in [-0.39, 0.29) is 36.9 Å². The van der Waals surface area contributed by atoms with Crippen LogP contribution in [0.5, 0.6) is 0 Å². The summed E-state index contributed by atoms with van der Waals surface area (Å²) >= 11 is 0. The molecule has 11 nitrogen and oxygen atoms in total. The van der Waals surface area contributed by atoms with Crippen LogP contribution in [0.15, 0.2) is 65.2 Å². The first-order valence-corrected chi connectivity index (χ1v) is 12.2. The molecule has 0 spiro atoms. The van der Waals surface area contributed by atoms with Crippen molar-refractivity contribution in [2.45, 2.75) is 44.0 Å². The normalized spacial score (nSPS) is 25.1. The molecule has 0 radical (unpaired) electrons. The van der Waals surface area contributed by atoms with Crippen LogP contribution in [0.4, 0.5) is 4.39 Å². The Hall–Kier alpha value is -4.00. The second-order valence-corrected chi connectivity index (χ2v) is 8.90. The van der Waals surface area contributed by atoms with Crippen LogP contribution in [-0.2, 0) is 18.9 Å². The van der Waals surface area contributed by atoms with Gasteiger partial charge in [0.05, 0.1) is 25.5 Å². The van der Waals surface area contributed by atoms with Crippen molar-refractivity contribution in [1.82, 2.24) is 25.2 Å². The molecular weight excluding hydrogens is 497 g/mol. The van der Waals surface area contributed by atoms with Crippen molar-refractivity contribution in [2.75, 3.05) is 13.2 Å². The summed E-state index contributed by atoms with van der Waals surface area (Å²) in [4.78, 5) is 12.0. The molecule has 2 aromatic carbocycles. The van der Waals surface area contributed by atoms with Gasteiger partial charge in [-0.15, -0.1) is 15.3 Å². The number of benzene rings is 2. The number of fused-ring (bicyclic) bond motifs is 1. The Morgan fingerprint density at radius 2 is 1.97 bits per heavy atom. The largest absolute Gasteiger partial charge is 0.459 e. The van der Waals surface area contributed by atoms with E-state index < -0.39 is 30.6 Å². The maximum Gasteiger partial charge on any atom is 0.396 e. The molecule has 2 aliphatic heterocycles. The Labute approximate surface area is 216 Å². The van der Waals surface area contributed by atoms with Crippen LogP contribution in [0.3, 0.4) is 0 Å². The van der Waals surface area contributed by atoms with Crippen LogP contribution >= 0.6 is 0 Å². The minimum Gasteiger partial charge on any atom is -0.459 e. The summed E-state index contributed by atoms with van der Waals surface area (Å²) in [6.45, 7) is 2.10. The fourth-order valence-electron chi connectivity index (χ4n) is 4.68. The van der Waals surface area contributed by atoms with E-state index in [2.05, 4.69) is 20.5 Å². The summed E-state index contributed by atoms with van der Waals surface area (Å²) in [6.07, 6.45) is -0.144. The predicted molar refractivity (Wildman–Crippen MR) is 127 cm³/mol. The zero-order chi connectivity index (χ0) is 26.1. The standard InChI is InChI=1S/C26H24FN5O6/c1-2-34-25(33)24-30-29-23(38-24)20-12-19(32-13-18(28-31-32)16-9-6-10-17(27)11-16)22-21(36-20)14-35-26(37-22)15-7-4-3-5-8-15/h3-11,13,19-22,26H,2,12,14H2,1H3/t19-,20-,21-,22-,26+/m1/s1. The average Bonchev–Trinajstić information content (AvgIpc) is 3.64. The lowest BCUT2D eigenvalue weighted by molar-refractivity contribution is -0.302. The van der Waals surface area contributed by atoms with Crippen molar-refractivity contribution >= 4 is 5.97 Å². The van der Waals surface area contributed by atoms with Crippen LogP contribution in [0.1, 0.15) is 53.9 Å². The van der Waals surface area contributed by atoms with Crippen LogP contribution < -0.4 is 0 Å². The highest BCUT2D eigenvalue weighted by molar-refractivity contribution is 5.83. The molecule has 4 heterocycles. The van der Waals surface area contributed by atoms with Gasteiger partial charge in [-0.05, 0) is 19.1 Å². The molecule has 4 aromatic rings. The third kappa shape index (κ3) is 4.80. The van der Waals surface area contributed by atoms with E-state index in [0.717, 1.165) is 5.56 Å². The first-order valence-electron chi connectivity index (χ1n) is 12.2. The fraction of sp³-hybridized carbons (Fsp3) is 0.346. The van der Waals surface area contributed by atoms with Gasteiger partial charge in [0.2, 0.25) is 5.89 Å². The van der Waals surface area contributed by atoms with Crippen LogP contribution in [0.2, 0.25) is 0 Å². The number of aromatic nitrogens is 5. The number of carbonyl (C=O) groups is 1. The van der Waals surface area contributed by atoms with Crippen molar-refractivity contribution in [3.8, 4) is 11.3 Å². The molecule has 0 amide bonds. The molecule has 2 aromatic heterocycles. The lowest BCUT2D eigenvalue weighted by atomic mass is 9.94. The Bertz CT molecular complexity index is 1410. The maximum atomic E-state index is 13.8. The van der Waals surface area contributed by atoms with Crippen molar-refractivity contribution in [3.05, 3.63) is 84.0 Å². The molecule has 5 atom stereocenters. The van der Waals surface area contributed by atoms with E-state index >= 15 is 0 Å². The number of ether oxygens (including phenoxy) is 4. The first-order chi connectivity index (χ1) is 18.6. The molecule has 2 fully saturated rings. The molecule has 6 rings (SSSR count). The van der Waals surface area contributed by atoms with Crippen molar-refractivity contribution in [1.29, 1.82) is 0 Å². The van der Waals surface area contributed by atoms with Gasteiger partial charge < -0.3 is 23.4 Å². The number of nitrogens with zero attached hydrogens (tertiary/aromatic N) is 5. The minimum absolute atomic E-state index is 0.132. The lowest BCUT2D eigenvalue weighted by Crippen LogP contribution is -2.51. The molecule has 2 aliphatic rings. The molecule has 0 bridgehead atoms. The van der Waals surface area contributed by atoms with Gasteiger partial charge in [0.25, 0.3) is 0 Å². The summed E-state index contributed by atoms with van der Waals surface area (Å²) in [5.74, 6) is -1.19. The average molecular weight is 522 g/mol. The highest BCUT2D eigenvalue weighted by atomic mass is 19.1. The smallest absolute Gasteiger partial charge is 0.396 e. The monoisotopic (exact) mass is 521 g/mol. The Morgan fingerprint density at radius 1 is 1.11 bits per heavy atom. The zero-order valence-corrected chi connectivity index (χ0v) is 20.3. The number of carbonyl (C=O) groups excluding carboxylic acids is 1. The number of rotatable bonds is 6. The topological polar surface area (TPSA) is 124 Å². The van der Waals surface area contributed by atoms with E-state index in [4.69, 9.17) is 23.4 Å². The second kappa shape index (κ2) is 10.4. The van der Waals surface area contributed by atoms with Crippen molar-refractivity contribution in [3.63, 3.8) is 0 Å². The minimum atomic E-state index is -0.706. The number of halogens is 1. The molecular formula is C26H24FN5O6. The summed E-state index contributed by atoms with van der Waals surface area (Å²) < 4.78 is 44.7. The molecule has 38 heavy (non-hydrogen) atoms. The van der Waals surface area contributed by atoms with Gasteiger partial charge >= 0.3 is 11.9 Å². The Morgan fingerprint density at radius 3 is 2.79 bits per heavy atom. The van der Waals surface area contributed by atoms with Gasteiger partial charge in [0.15, 0.2) is 6.29 Å². The molecule has 0 aliphatic carbocycles. The van der Waals surface area contributed by atoms with Crippen molar-refractivity contribution in [2.24, 2.45) is 0 Å². The van der Waals surface area contributed by atoms with Gasteiger partial charge in [-0.2, -0.15) is 0 Å². The van der Waals surface area contributed by atoms with E-state index in [1.165, 1.54) is 12.1 Å². The quantitative estimate of drug-likeness (QED) is 0.346. The third-order valence-electron chi connectivity index (χ3n) is 6.44. The molecule has 12 heteroatoms. The molecule has 2 saturated heterocycles. The lowest BCUT2D eigenvalue weighted by Gasteiger charge is -2.45. The SMILES string of the molecule is CCOC(=O)c1nnc([C@H]2C[C@@H](n3cc(-c4cccc(F)c4)nn3)[C@H]3O[C@@H](c4ccccc4)OC[C@H]3O2)o1. The number of hydrogen-bond acceptors (Lipinski definition) is 10. The number of esters is 1. The van der Waals surface area contributed by atoms with Gasteiger partial charge in [-0.25, -0.2) is 13.9 Å². The molecule has 0 saturated carbocycles. The van der Waals surface area contributed by atoms with Crippen LogP contribution in [-0.4, -0.2) is 56.6 Å². The summed E-state index contributed by atoms with van der Waals surface area (Å²) in [5, 5.41) is 16.5. The highest BCUT2D eigenvalue weighted by Crippen LogP contribution is 2.43. The third-order valence-corrected chi connectivity index (χ3v) is 6.44. The van der Waals surface area contributed by atoms with Gasteiger partial charge in [-0.3, -0.25) is 0 Å². The van der Waals surface area contributed by atoms with E-state index in [9.17, 15) is 9.18 Å². The second-order valence-electron chi connectivity index (χ2n) is 8.90. The molecule has 196 valence electrons. The molecule has 0 unspecified atom stereocenters.